The van der Waals surface area contributed by atoms with Crippen molar-refractivity contribution >= 4 is 26.9 Å². The van der Waals surface area contributed by atoms with Gasteiger partial charge in [-0.05, 0) is 13.8 Å². The minimum Gasteiger partial charge on any atom is -0.429 e. The number of carbonyl (C=O) groups is 2. The maximum absolute atomic E-state index is 11.1. The quantitative estimate of drug-likeness (QED) is 0.186. The zero-order chi connectivity index (χ0) is 19.5. The summed E-state index contributed by atoms with van der Waals surface area (Å²) in [6.07, 6.45) is -5.39. The van der Waals surface area contributed by atoms with E-state index in [0.29, 0.717) is 0 Å². The van der Waals surface area contributed by atoms with Crippen LogP contribution in [0.15, 0.2) is 24.7 Å². The van der Waals surface area contributed by atoms with Gasteiger partial charge in [0.1, 0.15) is 22.5 Å². The van der Waals surface area contributed by atoms with Crippen LogP contribution in [-0.2, 0) is 38.6 Å². The average Bonchev–Trinajstić information content (AvgIpc) is 2.92. The van der Waals surface area contributed by atoms with Crippen LogP contribution in [0.5, 0.6) is 0 Å². The van der Waals surface area contributed by atoms with E-state index in [0.717, 1.165) is 14.6 Å². The van der Waals surface area contributed by atoms with Crippen molar-refractivity contribution in [3.63, 3.8) is 0 Å². The minimum absolute atomic E-state index is 0.0783. The smallest absolute Gasteiger partial charge is 0.429 e. The third-order valence-electron chi connectivity index (χ3n) is 3.40. The molecule has 2 aliphatic rings. The standard InChI is InChI=1S/C12H14B2O12/c1-5-11(3,21-9(16)19-5)13-7(15)24-26-25-8(23-18)14-12(4)6(2)20-10(17)22-12/h7-8,15,18H,1-2H2,3-4H3. The van der Waals surface area contributed by atoms with Crippen molar-refractivity contribution in [2.75, 3.05) is 0 Å². The molecule has 0 bridgehead atoms. The van der Waals surface area contributed by atoms with Gasteiger partial charge in [0.05, 0.1) is 0 Å². The second-order valence-corrected chi connectivity index (χ2v) is 5.43. The fourth-order valence-electron chi connectivity index (χ4n) is 1.90. The van der Waals surface area contributed by atoms with E-state index >= 15 is 0 Å². The van der Waals surface area contributed by atoms with E-state index < -0.39 is 35.7 Å². The van der Waals surface area contributed by atoms with E-state index in [9.17, 15) is 14.7 Å². The lowest BCUT2D eigenvalue weighted by Gasteiger charge is -2.23. The summed E-state index contributed by atoms with van der Waals surface area (Å²) in [5.74, 6) is -0.164. The summed E-state index contributed by atoms with van der Waals surface area (Å²) in [7, 11) is 2.01. The fraction of sp³-hybridized carbons (Fsp3) is 0.500. The molecule has 0 aliphatic carbocycles. The van der Waals surface area contributed by atoms with E-state index in [-0.39, 0.29) is 11.5 Å². The molecule has 0 saturated carbocycles. The summed E-state index contributed by atoms with van der Waals surface area (Å²) in [5, 5.41) is 22.7. The highest BCUT2D eigenvalue weighted by Crippen LogP contribution is 2.30. The van der Waals surface area contributed by atoms with Gasteiger partial charge in [0.25, 0.3) is 14.6 Å². The lowest BCUT2D eigenvalue weighted by Crippen LogP contribution is -2.44. The molecule has 2 rings (SSSR count). The molecule has 12 nitrogen and oxygen atoms in total. The van der Waals surface area contributed by atoms with Crippen LogP contribution in [0, 0.1) is 0 Å². The molecule has 2 N–H and O–H groups in total. The molecule has 0 aromatic rings. The molecule has 4 unspecified atom stereocenters. The Labute approximate surface area is 148 Å². The third kappa shape index (κ3) is 4.54. The van der Waals surface area contributed by atoms with Crippen molar-refractivity contribution in [3.8, 4) is 0 Å². The number of rotatable bonds is 9. The van der Waals surface area contributed by atoms with Gasteiger partial charge in [0.2, 0.25) is 0 Å². The zero-order valence-corrected chi connectivity index (χ0v) is 13.7. The van der Waals surface area contributed by atoms with Crippen LogP contribution in [0.4, 0.5) is 9.59 Å². The van der Waals surface area contributed by atoms with Gasteiger partial charge < -0.3 is 24.1 Å². The predicted octanol–water partition coefficient (Wildman–Crippen LogP) is 0.117. The molecular formula is C12H14B2O12. The summed E-state index contributed by atoms with van der Waals surface area (Å²) in [6, 6.07) is 0. The van der Waals surface area contributed by atoms with Gasteiger partial charge in [-0.1, -0.05) is 18.2 Å². The predicted molar refractivity (Wildman–Crippen MR) is 78.5 cm³/mol. The summed E-state index contributed by atoms with van der Waals surface area (Å²) in [4.78, 5) is 35.1. The van der Waals surface area contributed by atoms with Crippen molar-refractivity contribution in [2.24, 2.45) is 0 Å². The Hall–Kier alpha value is -2.09. The normalized spacial score (nSPS) is 30.2. The maximum atomic E-state index is 11.1. The number of hydrogen-bond acceptors (Lipinski definition) is 12. The molecule has 0 amide bonds. The van der Waals surface area contributed by atoms with E-state index in [1.54, 1.807) is 0 Å². The largest absolute Gasteiger partial charge is 0.513 e. The van der Waals surface area contributed by atoms with Crippen molar-refractivity contribution < 1.29 is 58.6 Å². The minimum atomic E-state index is -1.76. The Morgan fingerprint density at radius 1 is 1.00 bits per heavy atom. The summed E-state index contributed by atoms with van der Waals surface area (Å²) < 4.78 is 18.8. The molecule has 140 valence electrons. The summed E-state index contributed by atoms with van der Waals surface area (Å²) >= 11 is 0. The van der Waals surface area contributed by atoms with Gasteiger partial charge in [-0.25, -0.2) is 19.7 Å². The molecular weight excluding hydrogens is 358 g/mol. The molecule has 2 saturated heterocycles. The zero-order valence-electron chi connectivity index (χ0n) is 13.7. The van der Waals surface area contributed by atoms with Crippen LogP contribution < -0.4 is 0 Å². The van der Waals surface area contributed by atoms with Crippen molar-refractivity contribution in [3.05, 3.63) is 24.7 Å². The molecule has 0 spiro atoms. The van der Waals surface area contributed by atoms with Crippen LogP contribution in [0.1, 0.15) is 13.8 Å². The maximum Gasteiger partial charge on any atom is 0.513 e. The van der Waals surface area contributed by atoms with Gasteiger partial charge in [-0.3, -0.25) is 0 Å². The first-order chi connectivity index (χ1) is 12.1. The first-order valence-corrected chi connectivity index (χ1v) is 6.97. The van der Waals surface area contributed by atoms with Gasteiger partial charge >= 0.3 is 12.3 Å². The van der Waals surface area contributed by atoms with E-state index in [1.807, 2.05) is 0 Å². The van der Waals surface area contributed by atoms with Gasteiger partial charge in [0.15, 0.2) is 12.4 Å². The topological polar surface area (TPSA) is 148 Å². The Bertz CT molecular complexity index is 611. The molecule has 2 fully saturated rings. The monoisotopic (exact) mass is 372 g/mol. The first kappa shape index (κ1) is 20.2. The lowest BCUT2D eigenvalue weighted by molar-refractivity contribution is -0.571. The average molecular weight is 372 g/mol. The molecule has 0 aromatic heterocycles. The summed E-state index contributed by atoms with van der Waals surface area (Å²) in [6.45, 7) is 9.67. The van der Waals surface area contributed by atoms with Crippen molar-refractivity contribution in [1.29, 1.82) is 0 Å². The Balaban J connectivity index is 1.78. The van der Waals surface area contributed by atoms with Crippen molar-refractivity contribution in [1.82, 2.24) is 0 Å². The molecule has 4 atom stereocenters. The number of aliphatic hydroxyl groups is 1. The van der Waals surface area contributed by atoms with Crippen LogP contribution in [0.2, 0.25) is 0 Å². The molecule has 2 aliphatic heterocycles. The van der Waals surface area contributed by atoms with E-state index in [2.05, 4.69) is 42.3 Å². The molecule has 2 heterocycles. The van der Waals surface area contributed by atoms with E-state index in [4.69, 9.17) is 14.7 Å². The van der Waals surface area contributed by atoms with Crippen LogP contribution >= 0.6 is 0 Å². The van der Waals surface area contributed by atoms with Crippen LogP contribution in [-0.4, -0.2) is 60.6 Å². The number of cyclic esters (lactones) is 4. The molecule has 0 aromatic carbocycles. The number of ether oxygens (including phenoxy) is 4. The highest BCUT2D eigenvalue weighted by atomic mass is 17.5. The van der Waals surface area contributed by atoms with E-state index in [1.165, 1.54) is 13.8 Å². The van der Waals surface area contributed by atoms with Gasteiger partial charge in [-0.2, -0.15) is 9.78 Å². The lowest BCUT2D eigenvalue weighted by atomic mass is 9.60. The number of carbonyl (C=O) groups excluding carboxylic acids is 2. The molecule has 26 heavy (non-hydrogen) atoms. The highest BCUT2D eigenvalue weighted by Gasteiger charge is 2.47. The second-order valence-electron chi connectivity index (χ2n) is 5.43. The number of hydrogen-bond donors (Lipinski definition) is 2. The van der Waals surface area contributed by atoms with Crippen LogP contribution in [0.3, 0.4) is 0 Å². The number of aliphatic hydroxyl groups excluding tert-OH is 1. The Kier molecular flexibility index (Phi) is 5.95. The third-order valence-corrected chi connectivity index (χ3v) is 3.40. The highest BCUT2D eigenvalue weighted by molar-refractivity contribution is 6.42. The SMILES string of the molecule is C=C1OC(=O)OC1(C)[B]C(O)OOOC([B]C1(C)OC(=O)OC1=C)OO. The van der Waals surface area contributed by atoms with Crippen molar-refractivity contribution in [2.45, 2.75) is 37.2 Å². The Morgan fingerprint density at radius 2 is 1.50 bits per heavy atom. The van der Waals surface area contributed by atoms with Gasteiger partial charge in [0, 0.05) is 0 Å². The fourth-order valence-corrected chi connectivity index (χ4v) is 1.90. The first-order valence-electron chi connectivity index (χ1n) is 6.97. The second kappa shape index (κ2) is 7.65. The molecule has 2 radical (unpaired) electrons. The van der Waals surface area contributed by atoms with Crippen LogP contribution in [0.25, 0.3) is 0 Å². The molecule has 14 heteroatoms. The summed E-state index contributed by atoms with van der Waals surface area (Å²) in [5.41, 5.74) is -2.93. The van der Waals surface area contributed by atoms with Gasteiger partial charge in [-0.15, -0.1) is 0 Å². The Morgan fingerprint density at radius 3 is 1.92 bits per heavy atom.